The van der Waals surface area contributed by atoms with Gasteiger partial charge in [-0.3, -0.25) is 14.6 Å². The smallest absolute Gasteiger partial charge is 0.274 e. The molecule has 0 saturated carbocycles. The SMILES string of the molecule is C[C@H](Cc1nncn1C)c1cccc(NC(=O)c2cc(C(=O)N3C[C@@H](F)[C@@H](O)C3)ccn2)c1. The Morgan fingerprint density at radius 1 is 1.27 bits per heavy atom. The summed E-state index contributed by atoms with van der Waals surface area (Å²) in [6.07, 6.45) is 1.06. The number of carbonyl (C=O) groups excluding carboxylic acids is 2. The number of hydrogen-bond acceptors (Lipinski definition) is 6. The average Bonchev–Trinajstić information content (AvgIpc) is 3.37. The van der Waals surface area contributed by atoms with Gasteiger partial charge in [0.2, 0.25) is 0 Å². The molecule has 0 bridgehead atoms. The van der Waals surface area contributed by atoms with Crippen molar-refractivity contribution in [1.29, 1.82) is 0 Å². The van der Waals surface area contributed by atoms with Crippen LogP contribution in [0.2, 0.25) is 0 Å². The van der Waals surface area contributed by atoms with Crippen LogP contribution in [0.5, 0.6) is 0 Å². The molecule has 1 aliphatic rings. The van der Waals surface area contributed by atoms with E-state index in [4.69, 9.17) is 0 Å². The van der Waals surface area contributed by atoms with E-state index in [1.54, 1.807) is 12.4 Å². The number of alkyl halides is 1. The maximum absolute atomic E-state index is 13.6. The molecular weight excluding hydrogens is 427 g/mol. The first kappa shape index (κ1) is 22.5. The molecule has 0 aliphatic carbocycles. The van der Waals surface area contributed by atoms with E-state index in [0.717, 1.165) is 11.4 Å². The highest BCUT2D eigenvalue weighted by molar-refractivity contribution is 6.04. The number of rotatable bonds is 6. The van der Waals surface area contributed by atoms with Crippen molar-refractivity contribution in [3.8, 4) is 0 Å². The number of anilines is 1. The number of carbonyl (C=O) groups is 2. The van der Waals surface area contributed by atoms with Crippen LogP contribution in [0.15, 0.2) is 48.9 Å². The average molecular weight is 452 g/mol. The summed E-state index contributed by atoms with van der Waals surface area (Å²) >= 11 is 0. The van der Waals surface area contributed by atoms with Crippen molar-refractivity contribution in [2.45, 2.75) is 31.5 Å². The Morgan fingerprint density at radius 2 is 2.09 bits per heavy atom. The number of nitrogens with one attached hydrogen (secondary N) is 1. The number of benzene rings is 1. The van der Waals surface area contributed by atoms with Crippen LogP contribution in [0.25, 0.3) is 0 Å². The Labute approximate surface area is 190 Å². The molecule has 0 radical (unpaired) electrons. The fraction of sp³-hybridized carbons (Fsp3) is 0.348. The monoisotopic (exact) mass is 452 g/mol. The number of hydrogen-bond donors (Lipinski definition) is 2. The molecule has 3 aromatic rings. The van der Waals surface area contributed by atoms with E-state index in [0.29, 0.717) is 12.1 Å². The van der Waals surface area contributed by atoms with E-state index in [1.807, 2.05) is 29.8 Å². The van der Waals surface area contributed by atoms with E-state index >= 15 is 0 Å². The van der Waals surface area contributed by atoms with Crippen LogP contribution in [0.4, 0.5) is 10.1 Å². The number of aliphatic hydroxyl groups excluding tert-OH is 1. The number of aliphatic hydroxyl groups is 1. The van der Waals surface area contributed by atoms with Crippen molar-refractivity contribution < 1.29 is 19.1 Å². The summed E-state index contributed by atoms with van der Waals surface area (Å²) in [5.41, 5.74) is 1.90. The number of aryl methyl sites for hydroxylation is 1. The molecule has 33 heavy (non-hydrogen) atoms. The maximum Gasteiger partial charge on any atom is 0.274 e. The zero-order valence-electron chi connectivity index (χ0n) is 18.3. The van der Waals surface area contributed by atoms with Crippen molar-refractivity contribution in [3.63, 3.8) is 0 Å². The summed E-state index contributed by atoms with van der Waals surface area (Å²) in [6, 6.07) is 10.3. The summed E-state index contributed by atoms with van der Waals surface area (Å²) in [5, 5.41) is 20.4. The predicted molar refractivity (Wildman–Crippen MR) is 119 cm³/mol. The van der Waals surface area contributed by atoms with Gasteiger partial charge in [-0.15, -0.1) is 10.2 Å². The van der Waals surface area contributed by atoms with Gasteiger partial charge in [-0.05, 0) is 35.7 Å². The molecule has 2 aromatic heterocycles. The Hall–Kier alpha value is -3.66. The van der Waals surface area contributed by atoms with Gasteiger partial charge in [-0.1, -0.05) is 19.1 Å². The number of likely N-dealkylation sites (tertiary alicyclic amines) is 1. The van der Waals surface area contributed by atoms with Gasteiger partial charge < -0.3 is 19.9 Å². The van der Waals surface area contributed by atoms with Gasteiger partial charge in [0.25, 0.3) is 11.8 Å². The molecule has 2 N–H and O–H groups in total. The molecule has 0 unspecified atom stereocenters. The molecule has 1 aromatic carbocycles. The molecular formula is C23H25FN6O3. The molecule has 3 heterocycles. The van der Waals surface area contributed by atoms with Gasteiger partial charge in [0, 0.05) is 37.5 Å². The summed E-state index contributed by atoms with van der Waals surface area (Å²) < 4.78 is 15.5. The lowest BCUT2D eigenvalue weighted by molar-refractivity contribution is 0.0764. The molecule has 3 atom stereocenters. The van der Waals surface area contributed by atoms with Crippen LogP contribution in [0.3, 0.4) is 0 Å². The first-order valence-corrected chi connectivity index (χ1v) is 10.6. The normalized spacial score (nSPS) is 18.8. The molecule has 0 spiro atoms. The van der Waals surface area contributed by atoms with E-state index in [-0.39, 0.29) is 30.3 Å². The van der Waals surface area contributed by atoms with Gasteiger partial charge in [-0.25, -0.2) is 4.39 Å². The number of β-amino-alcohol motifs (C(OH)–C–C–N with tert-alkyl or cyclic N) is 1. The van der Waals surface area contributed by atoms with Crippen molar-refractivity contribution in [2.75, 3.05) is 18.4 Å². The Morgan fingerprint density at radius 3 is 2.79 bits per heavy atom. The third-order valence-electron chi connectivity index (χ3n) is 5.75. The van der Waals surface area contributed by atoms with Crippen LogP contribution in [0.1, 0.15) is 45.1 Å². The van der Waals surface area contributed by atoms with Crippen molar-refractivity contribution in [3.05, 3.63) is 71.6 Å². The molecule has 9 nitrogen and oxygen atoms in total. The number of amides is 2. The molecule has 1 fully saturated rings. The van der Waals surface area contributed by atoms with E-state index in [1.165, 1.54) is 23.2 Å². The van der Waals surface area contributed by atoms with Crippen LogP contribution >= 0.6 is 0 Å². The zero-order chi connectivity index (χ0) is 23.5. The Bertz CT molecular complexity index is 1160. The van der Waals surface area contributed by atoms with Gasteiger partial charge in [-0.2, -0.15) is 0 Å². The second-order valence-electron chi connectivity index (χ2n) is 8.27. The number of halogens is 1. The minimum atomic E-state index is -1.47. The molecule has 1 aliphatic heterocycles. The van der Waals surface area contributed by atoms with Gasteiger partial charge in [0.1, 0.15) is 30.1 Å². The summed E-state index contributed by atoms with van der Waals surface area (Å²) in [6.45, 7) is 1.82. The van der Waals surface area contributed by atoms with Crippen LogP contribution in [0, 0.1) is 0 Å². The summed E-state index contributed by atoms with van der Waals surface area (Å²) in [4.78, 5) is 30.7. The topological polar surface area (TPSA) is 113 Å². The standard InChI is InChI=1S/C23H25FN6O3/c1-14(8-21-28-26-13-29(21)2)15-4-3-5-17(9-15)27-22(32)19-10-16(6-7-25-19)23(33)30-11-18(24)20(31)12-30/h3-7,9-10,13-14,18,20,31H,8,11-12H2,1-2H3,(H,27,32)/t14-,18-,20+/m1/s1. The molecule has 10 heteroatoms. The predicted octanol–water partition coefficient (Wildman–Crippen LogP) is 1.96. The number of nitrogens with zero attached hydrogens (tertiary/aromatic N) is 5. The van der Waals surface area contributed by atoms with E-state index in [9.17, 15) is 19.1 Å². The minimum Gasteiger partial charge on any atom is -0.388 e. The Balaban J connectivity index is 1.44. The number of pyridine rings is 1. The fourth-order valence-corrected chi connectivity index (χ4v) is 3.78. The largest absolute Gasteiger partial charge is 0.388 e. The van der Waals surface area contributed by atoms with Crippen LogP contribution in [-0.4, -0.2) is 66.9 Å². The Kier molecular flexibility index (Phi) is 6.45. The first-order valence-electron chi connectivity index (χ1n) is 10.6. The lowest BCUT2D eigenvalue weighted by atomic mass is 9.97. The molecule has 172 valence electrons. The van der Waals surface area contributed by atoms with Crippen molar-refractivity contribution in [1.82, 2.24) is 24.6 Å². The highest BCUT2D eigenvalue weighted by atomic mass is 19.1. The zero-order valence-corrected chi connectivity index (χ0v) is 18.3. The second kappa shape index (κ2) is 9.45. The van der Waals surface area contributed by atoms with Gasteiger partial charge in [0.05, 0.1) is 6.54 Å². The minimum absolute atomic E-state index is 0.0648. The van der Waals surface area contributed by atoms with Gasteiger partial charge >= 0.3 is 0 Å². The van der Waals surface area contributed by atoms with Crippen molar-refractivity contribution >= 4 is 17.5 Å². The molecule has 2 amide bonds. The lowest BCUT2D eigenvalue weighted by Crippen LogP contribution is -2.30. The number of aromatic nitrogens is 4. The third-order valence-corrected chi connectivity index (χ3v) is 5.75. The van der Waals surface area contributed by atoms with Gasteiger partial charge in [0.15, 0.2) is 0 Å². The van der Waals surface area contributed by atoms with Crippen molar-refractivity contribution in [2.24, 2.45) is 7.05 Å². The first-order chi connectivity index (χ1) is 15.8. The fourth-order valence-electron chi connectivity index (χ4n) is 3.78. The maximum atomic E-state index is 13.6. The highest BCUT2D eigenvalue weighted by Crippen LogP contribution is 2.23. The highest BCUT2D eigenvalue weighted by Gasteiger charge is 2.34. The molecule has 1 saturated heterocycles. The van der Waals surface area contributed by atoms with Crippen LogP contribution in [-0.2, 0) is 13.5 Å². The molecule has 4 rings (SSSR count). The van der Waals surface area contributed by atoms with E-state index < -0.39 is 24.1 Å². The third kappa shape index (κ3) is 5.06. The van der Waals surface area contributed by atoms with E-state index in [2.05, 4.69) is 27.4 Å². The van der Waals surface area contributed by atoms with Crippen LogP contribution < -0.4 is 5.32 Å². The summed E-state index contributed by atoms with van der Waals surface area (Å²) in [5.74, 6) is 0.101. The second-order valence-corrected chi connectivity index (χ2v) is 8.27. The lowest BCUT2D eigenvalue weighted by Gasteiger charge is -2.15. The quantitative estimate of drug-likeness (QED) is 0.591. The summed E-state index contributed by atoms with van der Waals surface area (Å²) in [7, 11) is 1.90.